The fourth-order valence-electron chi connectivity index (χ4n) is 3.53. The first-order valence-electron chi connectivity index (χ1n) is 9.75. The lowest BCUT2D eigenvalue weighted by molar-refractivity contribution is 0.0788. The Balaban J connectivity index is 0.00000181. The molecule has 3 aromatic rings. The maximum atomic E-state index is 13.1. The molecule has 32 heavy (non-hydrogen) atoms. The maximum absolute atomic E-state index is 13.1. The Hall–Kier alpha value is -2.63. The summed E-state index contributed by atoms with van der Waals surface area (Å²) in [5, 5.41) is 21.1. The number of carbonyl (C=O) groups is 1. The lowest BCUT2D eigenvalue weighted by atomic mass is 9.99. The monoisotopic (exact) mass is 479 g/mol. The number of hydrogen-bond acceptors (Lipinski definition) is 6. The van der Waals surface area contributed by atoms with Crippen molar-refractivity contribution < 1.29 is 19.0 Å². The predicted octanol–water partition coefficient (Wildman–Crippen LogP) is 2.11. The summed E-state index contributed by atoms with van der Waals surface area (Å²) in [4.78, 5) is 15.9. The lowest BCUT2D eigenvalue weighted by Gasteiger charge is -2.17. The van der Waals surface area contributed by atoms with Crippen LogP contribution in [0.2, 0.25) is 0 Å². The Bertz CT molecular complexity index is 974. The van der Waals surface area contributed by atoms with Crippen LogP contribution in [0.4, 0.5) is 4.39 Å². The SMILES string of the molecule is O=C(c1ccc(OC[C@@H](O)Cn2ncnn2)cc1)N1CC[C@@H](c2ccc(F)cc2)C1.S.S. The number of amides is 1. The Kier molecular flexibility index (Phi) is 9.48. The number of aliphatic hydroxyl groups is 1. The van der Waals surface area contributed by atoms with Crippen molar-refractivity contribution >= 4 is 32.9 Å². The van der Waals surface area contributed by atoms with Crippen LogP contribution in [-0.2, 0) is 6.54 Å². The van der Waals surface area contributed by atoms with Crippen LogP contribution in [0.25, 0.3) is 0 Å². The van der Waals surface area contributed by atoms with Gasteiger partial charge in [0.1, 0.15) is 24.3 Å². The summed E-state index contributed by atoms with van der Waals surface area (Å²) in [7, 11) is 0. The van der Waals surface area contributed by atoms with Crippen LogP contribution in [0.15, 0.2) is 54.9 Å². The van der Waals surface area contributed by atoms with Gasteiger partial charge in [-0.15, -0.1) is 10.2 Å². The number of carbonyl (C=O) groups excluding carboxylic acids is 1. The fourth-order valence-corrected chi connectivity index (χ4v) is 3.53. The molecule has 1 amide bonds. The third-order valence-corrected chi connectivity index (χ3v) is 5.13. The van der Waals surface area contributed by atoms with Gasteiger partial charge in [-0.05, 0) is 53.6 Å². The van der Waals surface area contributed by atoms with Gasteiger partial charge in [-0.1, -0.05) is 12.1 Å². The molecule has 4 rings (SSSR count). The number of benzene rings is 2. The molecule has 2 atom stereocenters. The van der Waals surface area contributed by atoms with Crippen LogP contribution in [0, 0.1) is 5.82 Å². The van der Waals surface area contributed by atoms with E-state index in [4.69, 9.17) is 4.74 Å². The molecule has 0 radical (unpaired) electrons. The number of tetrazole rings is 1. The summed E-state index contributed by atoms with van der Waals surface area (Å²) in [6, 6.07) is 13.3. The van der Waals surface area contributed by atoms with Crippen molar-refractivity contribution in [3.05, 3.63) is 71.8 Å². The van der Waals surface area contributed by atoms with Gasteiger partial charge >= 0.3 is 0 Å². The lowest BCUT2D eigenvalue weighted by Crippen LogP contribution is -2.28. The molecule has 0 unspecified atom stereocenters. The van der Waals surface area contributed by atoms with Crippen LogP contribution in [-0.4, -0.2) is 61.9 Å². The molecule has 11 heteroatoms. The van der Waals surface area contributed by atoms with Crippen LogP contribution < -0.4 is 4.74 Å². The molecule has 1 N–H and O–H groups in total. The largest absolute Gasteiger partial charge is 0.491 e. The Morgan fingerprint density at radius 1 is 1.16 bits per heavy atom. The topological polar surface area (TPSA) is 93.4 Å². The third-order valence-electron chi connectivity index (χ3n) is 5.13. The Labute approximate surface area is 199 Å². The highest BCUT2D eigenvalue weighted by Crippen LogP contribution is 2.28. The predicted molar refractivity (Wildman–Crippen MR) is 126 cm³/mol. The zero-order chi connectivity index (χ0) is 20.9. The normalized spacial score (nSPS) is 16.1. The molecular weight excluding hydrogens is 453 g/mol. The van der Waals surface area contributed by atoms with E-state index in [1.807, 2.05) is 4.90 Å². The van der Waals surface area contributed by atoms with Gasteiger partial charge < -0.3 is 14.7 Å². The molecule has 1 aliphatic rings. The minimum Gasteiger partial charge on any atom is -0.491 e. The van der Waals surface area contributed by atoms with Crippen LogP contribution in [0.5, 0.6) is 5.75 Å². The first kappa shape index (κ1) is 25.6. The second-order valence-electron chi connectivity index (χ2n) is 7.27. The van der Waals surface area contributed by atoms with E-state index in [0.717, 1.165) is 12.0 Å². The molecule has 1 fully saturated rings. The average Bonchev–Trinajstić information content (AvgIpc) is 3.45. The highest BCUT2D eigenvalue weighted by molar-refractivity contribution is 7.59. The smallest absolute Gasteiger partial charge is 0.253 e. The van der Waals surface area contributed by atoms with Crippen molar-refractivity contribution in [1.29, 1.82) is 0 Å². The molecule has 2 aromatic carbocycles. The highest BCUT2D eigenvalue weighted by atomic mass is 32.1. The number of nitrogens with zero attached hydrogens (tertiary/aromatic N) is 5. The standard InChI is InChI=1S/C21H22FN5O3.2H2S/c22-18-5-1-15(2-6-18)17-9-10-26(11-17)21(29)16-3-7-20(8-4-16)30-13-19(28)12-27-24-14-23-25-27;;/h1-8,14,17,19,28H,9-13H2;2*1H2/t17-,19+;;/m1../s1. The molecule has 0 saturated carbocycles. The van der Waals surface area contributed by atoms with Crippen molar-refractivity contribution in [3.8, 4) is 5.75 Å². The van der Waals surface area contributed by atoms with Gasteiger partial charge in [-0.25, -0.2) is 4.39 Å². The van der Waals surface area contributed by atoms with Crippen molar-refractivity contribution in [1.82, 2.24) is 25.1 Å². The molecule has 1 saturated heterocycles. The first-order valence-corrected chi connectivity index (χ1v) is 9.75. The van der Waals surface area contributed by atoms with Gasteiger partial charge in [-0.3, -0.25) is 4.79 Å². The molecule has 1 aliphatic heterocycles. The zero-order valence-corrected chi connectivity index (χ0v) is 19.3. The number of hydrogen-bond donors (Lipinski definition) is 1. The summed E-state index contributed by atoms with van der Waals surface area (Å²) in [5.74, 6) is 0.485. The van der Waals surface area contributed by atoms with Crippen LogP contribution >= 0.6 is 27.0 Å². The molecular formula is C21H26FN5O3S2. The average molecular weight is 480 g/mol. The molecule has 0 aliphatic carbocycles. The maximum Gasteiger partial charge on any atom is 0.253 e. The second kappa shape index (κ2) is 11.8. The van der Waals surface area contributed by atoms with E-state index in [1.165, 1.54) is 23.3 Å². The zero-order valence-electron chi connectivity index (χ0n) is 17.3. The van der Waals surface area contributed by atoms with E-state index in [0.29, 0.717) is 24.4 Å². The van der Waals surface area contributed by atoms with E-state index >= 15 is 0 Å². The van der Waals surface area contributed by atoms with Gasteiger partial charge in [0.15, 0.2) is 6.33 Å². The first-order chi connectivity index (χ1) is 14.6. The summed E-state index contributed by atoms with van der Waals surface area (Å²) in [5.41, 5.74) is 1.63. The van der Waals surface area contributed by atoms with Gasteiger partial charge in [0.05, 0.1) is 6.54 Å². The summed E-state index contributed by atoms with van der Waals surface area (Å²) in [6.45, 7) is 1.54. The fraction of sp³-hybridized carbons (Fsp3) is 0.333. The quantitative estimate of drug-likeness (QED) is 0.558. The number of halogens is 1. The molecule has 172 valence electrons. The number of aliphatic hydroxyl groups excluding tert-OH is 1. The number of likely N-dealkylation sites (tertiary alicyclic amines) is 1. The van der Waals surface area contributed by atoms with Crippen LogP contribution in [0.1, 0.15) is 28.3 Å². The van der Waals surface area contributed by atoms with Crippen molar-refractivity contribution in [2.45, 2.75) is 25.0 Å². The van der Waals surface area contributed by atoms with E-state index < -0.39 is 6.10 Å². The minimum atomic E-state index is -0.784. The van der Waals surface area contributed by atoms with Gasteiger partial charge in [-0.2, -0.15) is 31.8 Å². The molecule has 0 spiro atoms. The minimum absolute atomic E-state index is 0. The highest BCUT2D eigenvalue weighted by Gasteiger charge is 2.28. The Morgan fingerprint density at radius 2 is 1.88 bits per heavy atom. The number of aromatic nitrogens is 4. The van der Waals surface area contributed by atoms with E-state index in [9.17, 15) is 14.3 Å². The van der Waals surface area contributed by atoms with Crippen LogP contribution in [0.3, 0.4) is 0 Å². The van der Waals surface area contributed by atoms with Crippen molar-refractivity contribution in [3.63, 3.8) is 0 Å². The number of ether oxygens (including phenoxy) is 1. The summed E-state index contributed by atoms with van der Waals surface area (Å²) >= 11 is 0. The van der Waals surface area contributed by atoms with E-state index in [1.54, 1.807) is 36.4 Å². The third kappa shape index (κ3) is 6.44. The van der Waals surface area contributed by atoms with E-state index in [-0.39, 0.29) is 57.8 Å². The second-order valence-corrected chi connectivity index (χ2v) is 7.27. The van der Waals surface area contributed by atoms with Gasteiger partial charge in [0, 0.05) is 24.6 Å². The van der Waals surface area contributed by atoms with Gasteiger partial charge in [0.25, 0.3) is 5.91 Å². The molecule has 1 aromatic heterocycles. The molecule has 2 heterocycles. The van der Waals surface area contributed by atoms with Crippen molar-refractivity contribution in [2.24, 2.45) is 0 Å². The summed E-state index contributed by atoms with van der Waals surface area (Å²) < 4.78 is 18.7. The molecule has 0 bridgehead atoms. The van der Waals surface area contributed by atoms with E-state index in [2.05, 4.69) is 15.4 Å². The van der Waals surface area contributed by atoms with Crippen molar-refractivity contribution in [2.75, 3.05) is 19.7 Å². The summed E-state index contributed by atoms with van der Waals surface area (Å²) in [6.07, 6.45) is 1.37. The Morgan fingerprint density at radius 3 is 2.53 bits per heavy atom. The number of rotatable bonds is 7. The molecule has 8 nitrogen and oxygen atoms in total. The van der Waals surface area contributed by atoms with Gasteiger partial charge in [0.2, 0.25) is 0 Å².